The lowest BCUT2D eigenvalue weighted by Gasteiger charge is -2.38. The molecule has 0 spiro atoms. The summed E-state index contributed by atoms with van der Waals surface area (Å²) in [6, 6.07) is 0.637. The Morgan fingerprint density at radius 3 is 2.61 bits per heavy atom. The van der Waals surface area contributed by atoms with E-state index >= 15 is 0 Å². The van der Waals surface area contributed by atoms with Crippen LogP contribution in [0.3, 0.4) is 0 Å². The van der Waals surface area contributed by atoms with Crippen molar-refractivity contribution < 1.29 is 9.47 Å². The Balaban J connectivity index is 1.33. The van der Waals surface area contributed by atoms with Crippen LogP contribution in [0.2, 0.25) is 0 Å². The van der Waals surface area contributed by atoms with E-state index in [4.69, 9.17) is 14.5 Å². The minimum atomic E-state index is 0.154. The van der Waals surface area contributed by atoms with Crippen molar-refractivity contribution in [2.75, 3.05) is 31.6 Å². The SMILES string of the molecule is CCn1ncc2nc(Nc3cnn(C)c3)nc(O[C@H]3CC[C@H](N4CCOCC4)CC3)c21. The van der Waals surface area contributed by atoms with Crippen LogP contribution in [0.1, 0.15) is 32.6 Å². The number of morpholine rings is 1. The van der Waals surface area contributed by atoms with Gasteiger partial charge in [-0.2, -0.15) is 15.2 Å². The number of rotatable bonds is 6. The third-order valence-electron chi connectivity index (χ3n) is 6.20. The van der Waals surface area contributed by atoms with Crippen molar-refractivity contribution >= 4 is 22.7 Å². The van der Waals surface area contributed by atoms with Crippen molar-refractivity contribution in [3.05, 3.63) is 18.6 Å². The number of nitrogens with zero attached hydrogens (tertiary/aromatic N) is 7. The van der Waals surface area contributed by atoms with Crippen LogP contribution in [0.25, 0.3) is 11.0 Å². The Labute approximate surface area is 181 Å². The van der Waals surface area contributed by atoms with Gasteiger partial charge in [-0.3, -0.25) is 14.3 Å². The second-order valence-corrected chi connectivity index (χ2v) is 8.27. The van der Waals surface area contributed by atoms with Crippen molar-refractivity contribution in [3.63, 3.8) is 0 Å². The highest BCUT2D eigenvalue weighted by atomic mass is 16.5. The van der Waals surface area contributed by atoms with Gasteiger partial charge in [0.15, 0.2) is 0 Å². The van der Waals surface area contributed by atoms with Gasteiger partial charge in [-0.25, -0.2) is 4.98 Å². The summed E-state index contributed by atoms with van der Waals surface area (Å²) in [4.78, 5) is 11.9. The van der Waals surface area contributed by atoms with Crippen molar-refractivity contribution in [1.82, 2.24) is 34.4 Å². The van der Waals surface area contributed by atoms with Crippen LogP contribution in [-0.4, -0.2) is 72.9 Å². The smallest absolute Gasteiger partial charge is 0.245 e. The van der Waals surface area contributed by atoms with Gasteiger partial charge in [-0.05, 0) is 32.6 Å². The maximum Gasteiger partial charge on any atom is 0.245 e. The van der Waals surface area contributed by atoms with Crippen molar-refractivity contribution in [2.24, 2.45) is 7.05 Å². The molecule has 10 nitrogen and oxygen atoms in total. The van der Waals surface area contributed by atoms with E-state index in [-0.39, 0.29) is 6.10 Å². The van der Waals surface area contributed by atoms with Gasteiger partial charge in [0.1, 0.15) is 17.1 Å². The van der Waals surface area contributed by atoms with Gasteiger partial charge in [0.25, 0.3) is 0 Å². The minimum absolute atomic E-state index is 0.154. The molecule has 0 unspecified atom stereocenters. The summed E-state index contributed by atoms with van der Waals surface area (Å²) < 4.78 is 15.6. The quantitative estimate of drug-likeness (QED) is 0.642. The lowest BCUT2D eigenvalue weighted by molar-refractivity contribution is -0.00128. The molecule has 1 saturated heterocycles. The highest BCUT2D eigenvalue weighted by molar-refractivity contribution is 5.81. The molecule has 0 amide bonds. The van der Waals surface area contributed by atoms with E-state index in [1.165, 1.54) is 0 Å². The number of aryl methyl sites for hydroxylation is 2. The largest absolute Gasteiger partial charge is 0.473 e. The normalized spacial score (nSPS) is 22.6. The third kappa shape index (κ3) is 4.35. The molecule has 0 atom stereocenters. The summed E-state index contributed by atoms with van der Waals surface area (Å²) in [7, 11) is 1.88. The Morgan fingerprint density at radius 1 is 1.10 bits per heavy atom. The van der Waals surface area contributed by atoms with E-state index in [2.05, 4.69) is 32.3 Å². The van der Waals surface area contributed by atoms with Gasteiger partial charge in [0.2, 0.25) is 11.8 Å². The molecule has 5 rings (SSSR count). The molecule has 166 valence electrons. The summed E-state index contributed by atoms with van der Waals surface area (Å²) in [5.74, 6) is 1.10. The van der Waals surface area contributed by atoms with Crippen LogP contribution in [0.15, 0.2) is 18.6 Å². The molecule has 2 aliphatic rings. The summed E-state index contributed by atoms with van der Waals surface area (Å²) in [5.41, 5.74) is 2.47. The fraction of sp³-hybridized carbons (Fsp3) is 0.619. The maximum atomic E-state index is 6.47. The van der Waals surface area contributed by atoms with Crippen LogP contribution in [0.5, 0.6) is 5.88 Å². The highest BCUT2D eigenvalue weighted by Crippen LogP contribution is 2.31. The van der Waals surface area contributed by atoms with E-state index in [1.54, 1.807) is 17.1 Å². The molecule has 2 fully saturated rings. The average Bonchev–Trinajstić information content (AvgIpc) is 3.40. The molecule has 1 saturated carbocycles. The summed E-state index contributed by atoms with van der Waals surface area (Å²) >= 11 is 0. The number of hydrogen-bond acceptors (Lipinski definition) is 8. The lowest BCUT2D eigenvalue weighted by Crippen LogP contribution is -2.46. The van der Waals surface area contributed by atoms with Crippen molar-refractivity contribution in [1.29, 1.82) is 0 Å². The first-order valence-corrected chi connectivity index (χ1v) is 11.2. The monoisotopic (exact) mass is 426 g/mol. The standard InChI is InChI=1S/C21H30N8O2/c1-3-29-19-18(13-23-29)25-21(24-15-12-22-27(2)14-15)26-20(19)31-17-6-4-16(5-7-17)28-8-10-30-11-9-28/h12-14,16-17H,3-11H2,1-2H3,(H,24,25,26)/t16-,17-. The molecule has 4 heterocycles. The van der Waals surface area contributed by atoms with Crippen molar-refractivity contribution in [3.8, 4) is 5.88 Å². The first-order valence-electron chi connectivity index (χ1n) is 11.2. The number of nitrogens with one attached hydrogen (secondary N) is 1. The molecule has 10 heteroatoms. The Kier molecular flexibility index (Phi) is 5.73. The lowest BCUT2D eigenvalue weighted by atomic mass is 9.91. The predicted molar refractivity (Wildman–Crippen MR) is 117 cm³/mol. The van der Waals surface area contributed by atoms with Gasteiger partial charge < -0.3 is 14.8 Å². The van der Waals surface area contributed by atoms with E-state index in [9.17, 15) is 0 Å². The molecular formula is C21H30N8O2. The summed E-state index contributed by atoms with van der Waals surface area (Å²) in [6.45, 7) is 6.59. The maximum absolute atomic E-state index is 6.47. The number of anilines is 2. The molecule has 1 aliphatic heterocycles. The Morgan fingerprint density at radius 2 is 1.90 bits per heavy atom. The second kappa shape index (κ2) is 8.80. The molecule has 0 aromatic carbocycles. The van der Waals surface area contributed by atoms with E-state index in [0.717, 1.165) is 75.3 Å². The van der Waals surface area contributed by atoms with Crippen LogP contribution < -0.4 is 10.1 Å². The zero-order chi connectivity index (χ0) is 21.2. The van der Waals surface area contributed by atoms with Crippen LogP contribution in [0.4, 0.5) is 11.6 Å². The zero-order valence-electron chi connectivity index (χ0n) is 18.2. The molecule has 1 N–H and O–H groups in total. The van der Waals surface area contributed by atoms with Gasteiger partial charge >= 0.3 is 0 Å². The van der Waals surface area contributed by atoms with E-state index in [0.29, 0.717) is 17.9 Å². The minimum Gasteiger partial charge on any atom is -0.473 e. The van der Waals surface area contributed by atoms with Crippen LogP contribution >= 0.6 is 0 Å². The average molecular weight is 427 g/mol. The molecule has 1 aliphatic carbocycles. The fourth-order valence-corrected chi connectivity index (χ4v) is 4.59. The summed E-state index contributed by atoms with van der Waals surface area (Å²) in [6.07, 6.45) is 9.91. The number of hydrogen-bond donors (Lipinski definition) is 1. The molecular weight excluding hydrogens is 396 g/mol. The Bertz CT molecular complexity index is 1020. The topological polar surface area (TPSA) is 95.2 Å². The number of aromatic nitrogens is 6. The number of fused-ring (bicyclic) bond motifs is 1. The first-order chi connectivity index (χ1) is 15.2. The second-order valence-electron chi connectivity index (χ2n) is 8.27. The first kappa shape index (κ1) is 20.2. The Hall–Kier alpha value is -2.72. The van der Waals surface area contributed by atoms with Crippen molar-refractivity contribution in [2.45, 2.75) is 51.3 Å². The van der Waals surface area contributed by atoms with Gasteiger partial charge in [0, 0.05) is 38.9 Å². The molecule has 31 heavy (non-hydrogen) atoms. The van der Waals surface area contributed by atoms with Gasteiger partial charge in [0.05, 0.1) is 31.3 Å². The van der Waals surface area contributed by atoms with Crippen LogP contribution in [-0.2, 0) is 18.3 Å². The molecule has 3 aromatic heterocycles. The van der Waals surface area contributed by atoms with Gasteiger partial charge in [-0.15, -0.1) is 0 Å². The molecule has 0 radical (unpaired) electrons. The fourth-order valence-electron chi connectivity index (χ4n) is 4.59. The van der Waals surface area contributed by atoms with Crippen LogP contribution in [0, 0.1) is 0 Å². The molecule has 3 aromatic rings. The van der Waals surface area contributed by atoms with E-state index in [1.807, 2.05) is 17.9 Å². The summed E-state index contributed by atoms with van der Waals surface area (Å²) in [5, 5.41) is 11.9. The third-order valence-corrected chi connectivity index (χ3v) is 6.20. The predicted octanol–water partition coefficient (Wildman–Crippen LogP) is 2.35. The van der Waals surface area contributed by atoms with Gasteiger partial charge in [-0.1, -0.05) is 0 Å². The number of ether oxygens (including phenoxy) is 2. The molecule has 0 bridgehead atoms. The zero-order valence-corrected chi connectivity index (χ0v) is 18.2. The highest BCUT2D eigenvalue weighted by Gasteiger charge is 2.29. The van der Waals surface area contributed by atoms with E-state index < -0.39 is 0 Å².